The van der Waals surface area contributed by atoms with Crippen molar-refractivity contribution >= 4 is 0 Å². The number of piperazine rings is 1. The van der Waals surface area contributed by atoms with Gasteiger partial charge in [0, 0.05) is 50.9 Å². The summed E-state index contributed by atoms with van der Waals surface area (Å²) in [6.45, 7) is 5.46. The van der Waals surface area contributed by atoms with Gasteiger partial charge < -0.3 is 5.32 Å². The lowest BCUT2D eigenvalue weighted by Crippen LogP contribution is -2.63. The maximum atomic E-state index is 14.1. The van der Waals surface area contributed by atoms with Gasteiger partial charge in [-0.25, -0.2) is 0 Å². The van der Waals surface area contributed by atoms with E-state index >= 15 is 0 Å². The molecule has 0 saturated carbocycles. The van der Waals surface area contributed by atoms with Crippen LogP contribution in [0, 0.1) is 0 Å². The molecule has 2 heterocycles. The van der Waals surface area contributed by atoms with Crippen molar-refractivity contribution in [1.82, 2.24) is 15.1 Å². The number of benzene rings is 1. The predicted molar refractivity (Wildman–Crippen MR) is 75.0 cm³/mol. The van der Waals surface area contributed by atoms with Crippen molar-refractivity contribution in [2.75, 3.05) is 45.8 Å². The van der Waals surface area contributed by atoms with Gasteiger partial charge in [0.2, 0.25) is 0 Å². The van der Waals surface area contributed by atoms with Crippen molar-refractivity contribution in [3.05, 3.63) is 35.9 Å². The first-order valence-corrected chi connectivity index (χ1v) is 7.26. The molecule has 0 amide bonds. The van der Waals surface area contributed by atoms with E-state index in [-0.39, 0.29) is 12.1 Å². The summed E-state index contributed by atoms with van der Waals surface area (Å²) in [6, 6.07) is 8.58. The first kappa shape index (κ1) is 13.9. The third-order valence-electron chi connectivity index (χ3n) is 4.22. The lowest BCUT2D eigenvalue weighted by molar-refractivity contribution is -0.0754. The fraction of sp³-hybridized carbons (Fsp3) is 0.600. The van der Waals surface area contributed by atoms with Crippen molar-refractivity contribution in [2.24, 2.45) is 0 Å². The Morgan fingerprint density at radius 1 is 1.10 bits per heavy atom. The average molecular weight is 281 g/mol. The standard InChI is InChI=1S/C15H21F2N3/c16-15(17,13-4-2-1-3-5-13)12-19-10-14(11-19)20-8-6-18-7-9-20/h1-5,14,18H,6-12H2. The molecule has 110 valence electrons. The summed E-state index contributed by atoms with van der Waals surface area (Å²) in [5.74, 6) is -2.75. The molecule has 0 unspecified atom stereocenters. The van der Waals surface area contributed by atoms with E-state index in [0.717, 1.165) is 39.3 Å². The van der Waals surface area contributed by atoms with Gasteiger partial charge in [-0.3, -0.25) is 9.80 Å². The van der Waals surface area contributed by atoms with Gasteiger partial charge in [0.05, 0.1) is 6.54 Å². The van der Waals surface area contributed by atoms with Gasteiger partial charge in [0.25, 0.3) is 5.92 Å². The summed E-state index contributed by atoms with van der Waals surface area (Å²) in [6.07, 6.45) is 0. The Balaban J connectivity index is 1.50. The Kier molecular flexibility index (Phi) is 4.01. The van der Waals surface area contributed by atoms with Crippen molar-refractivity contribution < 1.29 is 8.78 Å². The number of nitrogens with zero attached hydrogens (tertiary/aromatic N) is 2. The highest BCUT2D eigenvalue weighted by Gasteiger charge is 2.40. The molecule has 2 aliphatic rings. The van der Waals surface area contributed by atoms with Crippen molar-refractivity contribution in [2.45, 2.75) is 12.0 Å². The zero-order valence-electron chi connectivity index (χ0n) is 11.6. The van der Waals surface area contributed by atoms with Crippen LogP contribution in [0.5, 0.6) is 0 Å². The summed E-state index contributed by atoms with van der Waals surface area (Å²) < 4.78 is 28.3. The van der Waals surface area contributed by atoms with Crippen LogP contribution in [0.15, 0.2) is 30.3 Å². The summed E-state index contributed by atoms with van der Waals surface area (Å²) in [5.41, 5.74) is 0.116. The molecule has 0 bridgehead atoms. The van der Waals surface area contributed by atoms with Crippen LogP contribution < -0.4 is 5.32 Å². The number of halogens is 2. The lowest BCUT2D eigenvalue weighted by atomic mass is 10.0. The van der Waals surface area contributed by atoms with Gasteiger partial charge in [-0.15, -0.1) is 0 Å². The second-order valence-corrected chi connectivity index (χ2v) is 5.70. The number of alkyl halides is 2. The van der Waals surface area contributed by atoms with Crippen LogP contribution in [0.4, 0.5) is 8.78 Å². The Morgan fingerprint density at radius 3 is 2.40 bits per heavy atom. The lowest BCUT2D eigenvalue weighted by Gasteiger charge is -2.47. The highest BCUT2D eigenvalue weighted by molar-refractivity contribution is 5.20. The number of nitrogens with one attached hydrogen (secondary N) is 1. The fourth-order valence-electron chi connectivity index (χ4n) is 3.00. The highest BCUT2D eigenvalue weighted by atomic mass is 19.3. The predicted octanol–water partition coefficient (Wildman–Crippen LogP) is 1.37. The normalized spacial score (nSPS) is 22.7. The summed E-state index contributed by atoms with van der Waals surface area (Å²) in [5, 5.41) is 3.31. The molecule has 0 spiro atoms. The van der Waals surface area contributed by atoms with Crippen LogP contribution in [0.25, 0.3) is 0 Å². The monoisotopic (exact) mass is 281 g/mol. The number of likely N-dealkylation sites (tertiary alicyclic amines) is 1. The molecule has 3 nitrogen and oxygen atoms in total. The molecule has 0 atom stereocenters. The van der Waals surface area contributed by atoms with Gasteiger partial charge in [0.15, 0.2) is 0 Å². The van der Waals surface area contributed by atoms with Crippen LogP contribution in [0.2, 0.25) is 0 Å². The maximum Gasteiger partial charge on any atom is 0.285 e. The zero-order valence-corrected chi connectivity index (χ0v) is 11.6. The van der Waals surface area contributed by atoms with E-state index < -0.39 is 5.92 Å². The van der Waals surface area contributed by atoms with E-state index in [0.29, 0.717) is 6.04 Å². The SMILES string of the molecule is FC(F)(CN1CC(N2CCNCC2)C1)c1ccccc1. The van der Waals surface area contributed by atoms with Crippen LogP contribution in [0.1, 0.15) is 5.56 Å². The van der Waals surface area contributed by atoms with E-state index in [1.54, 1.807) is 18.2 Å². The third-order valence-corrected chi connectivity index (χ3v) is 4.22. The summed E-state index contributed by atoms with van der Waals surface area (Å²) in [7, 11) is 0. The van der Waals surface area contributed by atoms with Gasteiger partial charge >= 0.3 is 0 Å². The van der Waals surface area contributed by atoms with Crippen molar-refractivity contribution in [3.8, 4) is 0 Å². The molecule has 0 aromatic heterocycles. The van der Waals surface area contributed by atoms with E-state index in [1.807, 2.05) is 4.90 Å². The fourth-order valence-corrected chi connectivity index (χ4v) is 3.00. The number of rotatable bonds is 4. The maximum absolute atomic E-state index is 14.1. The molecule has 1 aromatic rings. The Bertz CT molecular complexity index is 426. The van der Waals surface area contributed by atoms with Crippen LogP contribution in [-0.4, -0.2) is 61.7 Å². The molecule has 5 heteroatoms. The van der Waals surface area contributed by atoms with Gasteiger partial charge in [-0.2, -0.15) is 8.78 Å². The van der Waals surface area contributed by atoms with E-state index in [1.165, 1.54) is 12.1 Å². The Labute approximate surface area is 118 Å². The minimum absolute atomic E-state index is 0.116. The quantitative estimate of drug-likeness (QED) is 0.899. The van der Waals surface area contributed by atoms with Crippen LogP contribution >= 0.6 is 0 Å². The molecular formula is C15H21F2N3. The Hall–Kier alpha value is -1.04. The minimum Gasteiger partial charge on any atom is -0.314 e. The van der Waals surface area contributed by atoms with Crippen LogP contribution in [0.3, 0.4) is 0 Å². The molecule has 0 radical (unpaired) electrons. The van der Waals surface area contributed by atoms with Gasteiger partial charge in [-0.05, 0) is 0 Å². The highest BCUT2D eigenvalue weighted by Crippen LogP contribution is 2.31. The van der Waals surface area contributed by atoms with Crippen molar-refractivity contribution in [1.29, 1.82) is 0 Å². The van der Waals surface area contributed by atoms with Gasteiger partial charge in [-0.1, -0.05) is 30.3 Å². The van der Waals surface area contributed by atoms with Gasteiger partial charge in [0.1, 0.15) is 0 Å². The molecule has 1 aromatic carbocycles. The average Bonchev–Trinajstić information content (AvgIpc) is 2.44. The molecule has 2 fully saturated rings. The zero-order chi connectivity index (χ0) is 14.0. The van der Waals surface area contributed by atoms with Crippen molar-refractivity contribution in [3.63, 3.8) is 0 Å². The number of hydrogen-bond donors (Lipinski definition) is 1. The largest absolute Gasteiger partial charge is 0.314 e. The topological polar surface area (TPSA) is 18.5 Å². The minimum atomic E-state index is -2.75. The second-order valence-electron chi connectivity index (χ2n) is 5.70. The molecule has 20 heavy (non-hydrogen) atoms. The number of hydrogen-bond acceptors (Lipinski definition) is 3. The molecular weight excluding hydrogens is 260 g/mol. The summed E-state index contributed by atoms with van der Waals surface area (Å²) in [4.78, 5) is 4.27. The first-order chi connectivity index (χ1) is 9.65. The third kappa shape index (κ3) is 3.00. The molecule has 0 aliphatic carbocycles. The molecule has 2 saturated heterocycles. The van der Waals surface area contributed by atoms with E-state index in [4.69, 9.17) is 0 Å². The van der Waals surface area contributed by atoms with E-state index in [9.17, 15) is 8.78 Å². The molecule has 1 N–H and O–H groups in total. The molecule has 2 aliphatic heterocycles. The second kappa shape index (κ2) is 5.76. The first-order valence-electron chi connectivity index (χ1n) is 7.26. The van der Waals surface area contributed by atoms with E-state index in [2.05, 4.69) is 10.2 Å². The molecule has 3 rings (SSSR count). The summed E-state index contributed by atoms with van der Waals surface area (Å²) >= 11 is 0. The Morgan fingerprint density at radius 2 is 1.75 bits per heavy atom. The van der Waals surface area contributed by atoms with Crippen LogP contribution in [-0.2, 0) is 5.92 Å². The smallest absolute Gasteiger partial charge is 0.285 e.